The molecule has 0 aromatic heterocycles. The van der Waals surface area contributed by atoms with Crippen LogP contribution in [0.3, 0.4) is 0 Å². The lowest BCUT2D eigenvalue weighted by Crippen LogP contribution is -2.38. The fourth-order valence-corrected chi connectivity index (χ4v) is 4.14. The van der Waals surface area contributed by atoms with E-state index in [9.17, 15) is 9.36 Å². The summed E-state index contributed by atoms with van der Waals surface area (Å²) in [6.45, 7) is 1.59. The van der Waals surface area contributed by atoms with Crippen molar-refractivity contribution in [2.75, 3.05) is 0 Å². The average Bonchev–Trinajstić information content (AvgIpc) is 3.11. The summed E-state index contributed by atoms with van der Waals surface area (Å²) >= 11 is 5.84. The third-order valence-corrected chi connectivity index (χ3v) is 5.72. The molecule has 3 rings (SSSR count). The molecule has 7 heteroatoms. The van der Waals surface area contributed by atoms with E-state index in [2.05, 4.69) is 0 Å². The zero-order valence-electron chi connectivity index (χ0n) is 14.0. The summed E-state index contributed by atoms with van der Waals surface area (Å²) in [5.74, 6) is 0.0313. The molecular formula is C18H21ClNO4P. The number of hydroxylamine groups is 1. The first kappa shape index (κ1) is 18.2. The van der Waals surface area contributed by atoms with Gasteiger partial charge in [0.25, 0.3) is 7.30 Å². The van der Waals surface area contributed by atoms with E-state index in [-0.39, 0.29) is 6.10 Å². The van der Waals surface area contributed by atoms with Gasteiger partial charge >= 0.3 is 5.97 Å². The monoisotopic (exact) mass is 381 g/mol. The van der Waals surface area contributed by atoms with Crippen molar-refractivity contribution >= 4 is 35.3 Å². The minimum absolute atomic E-state index is 0.0630. The summed E-state index contributed by atoms with van der Waals surface area (Å²) in [7, 11) is -2.78. The number of fused-ring (bicyclic) bond motifs is 1. The van der Waals surface area contributed by atoms with Crippen LogP contribution in [0.25, 0.3) is 10.8 Å². The van der Waals surface area contributed by atoms with Crippen molar-refractivity contribution in [2.45, 2.75) is 44.8 Å². The number of benzene rings is 2. The van der Waals surface area contributed by atoms with Crippen molar-refractivity contribution in [3.8, 4) is 5.75 Å². The SMILES string of the molecule is CC(C(=O)OC1CCCC1)N(Oc1cccc2ccccc12)[PH](=O)Cl. The molecule has 0 amide bonds. The van der Waals surface area contributed by atoms with Crippen LogP contribution in [0, 0.1) is 0 Å². The Bertz CT molecular complexity index is 773. The van der Waals surface area contributed by atoms with E-state index in [1.807, 2.05) is 36.4 Å². The van der Waals surface area contributed by atoms with E-state index in [1.54, 1.807) is 13.0 Å². The molecule has 1 saturated carbocycles. The smallest absolute Gasteiger partial charge is 0.327 e. The van der Waals surface area contributed by atoms with Gasteiger partial charge in [-0.1, -0.05) is 41.2 Å². The van der Waals surface area contributed by atoms with Gasteiger partial charge in [-0.05, 0) is 55.3 Å². The third-order valence-electron chi connectivity index (χ3n) is 4.40. The van der Waals surface area contributed by atoms with Gasteiger partial charge in [-0.25, -0.2) is 0 Å². The lowest BCUT2D eigenvalue weighted by atomic mass is 10.1. The normalized spacial score (nSPS) is 17.6. The molecule has 1 fully saturated rings. The molecule has 0 aliphatic heterocycles. The van der Waals surface area contributed by atoms with Gasteiger partial charge in [0.05, 0.1) is 0 Å². The highest BCUT2D eigenvalue weighted by Crippen LogP contribution is 2.38. The van der Waals surface area contributed by atoms with Crippen LogP contribution in [0.4, 0.5) is 0 Å². The molecule has 25 heavy (non-hydrogen) atoms. The second-order valence-corrected chi connectivity index (χ2v) is 8.08. The quantitative estimate of drug-likeness (QED) is 0.403. The number of halogens is 1. The number of carbonyl (C=O) groups excluding carboxylic acids is 1. The standard InChI is InChI=1S/C18H21ClNO4P/c1-13(18(21)23-15-9-3-4-10-15)20(25(19)22)24-17-12-6-8-14-7-2-5-11-16(14)17/h2,5-8,11-13,15,25H,3-4,9-10H2,1H3. The molecule has 2 aromatic rings. The van der Waals surface area contributed by atoms with Crippen molar-refractivity contribution in [2.24, 2.45) is 0 Å². The summed E-state index contributed by atoms with van der Waals surface area (Å²) in [5.41, 5.74) is 0. The summed E-state index contributed by atoms with van der Waals surface area (Å²) in [5, 5.41) is 1.83. The first-order chi connectivity index (χ1) is 12.1. The van der Waals surface area contributed by atoms with Gasteiger partial charge in [-0.2, -0.15) is 0 Å². The van der Waals surface area contributed by atoms with Crippen molar-refractivity contribution in [1.82, 2.24) is 4.83 Å². The van der Waals surface area contributed by atoms with Crippen LogP contribution in [0.5, 0.6) is 5.75 Å². The maximum atomic E-state index is 12.4. The lowest BCUT2D eigenvalue weighted by molar-refractivity contribution is -0.159. The van der Waals surface area contributed by atoms with Gasteiger partial charge in [0.2, 0.25) is 0 Å². The van der Waals surface area contributed by atoms with Gasteiger partial charge in [0, 0.05) is 5.39 Å². The van der Waals surface area contributed by atoms with Gasteiger partial charge < -0.3 is 9.57 Å². The molecule has 2 unspecified atom stereocenters. The molecule has 0 radical (unpaired) electrons. The van der Waals surface area contributed by atoms with E-state index in [1.165, 1.54) is 0 Å². The van der Waals surface area contributed by atoms with E-state index >= 15 is 0 Å². The molecule has 1 aliphatic carbocycles. The van der Waals surface area contributed by atoms with Gasteiger partial charge in [-0.3, -0.25) is 9.36 Å². The van der Waals surface area contributed by atoms with Crippen molar-refractivity contribution in [1.29, 1.82) is 0 Å². The minimum Gasteiger partial charge on any atom is -0.461 e. The van der Waals surface area contributed by atoms with Gasteiger partial charge in [0.15, 0.2) is 5.75 Å². The van der Waals surface area contributed by atoms with Crippen LogP contribution in [-0.4, -0.2) is 22.9 Å². The van der Waals surface area contributed by atoms with Gasteiger partial charge in [-0.15, -0.1) is 0 Å². The Balaban J connectivity index is 1.78. The first-order valence-corrected chi connectivity index (χ1v) is 10.8. The van der Waals surface area contributed by atoms with Crippen molar-refractivity contribution in [3.63, 3.8) is 0 Å². The Hall–Kier alpha value is -1.55. The first-order valence-electron chi connectivity index (χ1n) is 8.41. The molecule has 0 spiro atoms. The summed E-state index contributed by atoms with van der Waals surface area (Å²) in [6, 6.07) is 12.4. The molecule has 134 valence electrons. The second kappa shape index (κ2) is 8.22. The van der Waals surface area contributed by atoms with Crippen LogP contribution >= 0.6 is 18.5 Å². The summed E-state index contributed by atoms with van der Waals surface area (Å²) < 4.78 is 17.5. The van der Waals surface area contributed by atoms with Crippen LogP contribution in [0.2, 0.25) is 0 Å². The number of nitrogens with zero attached hydrogens (tertiary/aromatic N) is 1. The summed E-state index contributed by atoms with van der Waals surface area (Å²) in [6.07, 6.45) is 3.81. The molecule has 0 saturated heterocycles. The highest BCUT2D eigenvalue weighted by molar-refractivity contribution is 7.71. The Morgan fingerprint density at radius 1 is 1.20 bits per heavy atom. The van der Waals surface area contributed by atoms with E-state index in [0.717, 1.165) is 41.3 Å². The largest absolute Gasteiger partial charge is 0.461 e. The predicted molar refractivity (Wildman–Crippen MR) is 99.1 cm³/mol. The van der Waals surface area contributed by atoms with E-state index in [4.69, 9.17) is 20.8 Å². The molecule has 0 bridgehead atoms. The Labute approximate surface area is 152 Å². The Morgan fingerprint density at radius 2 is 1.88 bits per heavy atom. The van der Waals surface area contributed by atoms with Crippen LogP contribution in [-0.2, 0) is 14.1 Å². The number of carbonyl (C=O) groups is 1. The van der Waals surface area contributed by atoms with E-state index < -0.39 is 19.3 Å². The molecule has 0 N–H and O–H groups in total. The van der Waals surface area contributed by atoms with Crippen LogP contribution < -0.4 is 4.84 Å². The van der Waals surface area contributed by atoms with Gasteiger partial charge in [0.1, 0.15) is 12.1 Å². The highest BCUT2D eigenvalue weighted by atomic mass is 35.7. The summed E-state index contributed by atoms with van der Waals surface area (Å²) in [4.78, 5) is 19.2. The molecular weight excluding hydrogens is 361 g/mol. The Kier molecular flexibility index (Phi) is 6.00. The molecule has 1 aliphatic rings. The number of rotatable bonds is 6. The van der Waals surface area contributed by atoms with Crippen molar-refractivity contribution in [3.05, 3.63) is 42.5 Å². The topological polar surface area (TPSA) is 55.8 Å². The number of ether oxygens (including phenoxy) is 1. The Morgan fingerprint density at radius 3 is 2.60 bits per heavy atom. The second-order valence-electron chi connectivity index (χ2n) is 6.17. The number of hydrogen-bond donors (Lipinski definition) is 0. The van der Waals surface area contributed by atoms with Crippen LogP contribution in [0.1, 0.15) is 32.6 Å². The molecule has 2 atom stereocenters. The minimum atomic E-state index is -2.78. The molecule has 5 nitrogen and oxygen atoms in total. The number of esters is 1. The predicted octanol–water partition coefficient (Wildman–Crippen LogP) is 4.94. The highest BCUT2D eigenvalue weighted by Gasteiger charge is 2.31. The van der Waals surface area contributed by atoms with Crippen molar-refractivity contribution < 1.29 is 18.9 Å². The average molecular weight is 382 g/mol. The van der Waals surface area contributed by atoms with E-state index in [0.29, 0.717) is 5.75 Å². The molecule has 2 aromatic carbocycles. The maximum absolute atomic E-state index is 12.4. The fourth-order valence-electron chi connectivity index (χ4n) is 3.01. The fraction of sp³-hybridized carbons (Fsp3) is 0.389. The van der Waals surface area contributed by atoms with Crippen LogP contribution in [0.15, 0.2) is 42.5 Å². The zero-order valence-corrected chi connectivity index (χ0v) is 15.7. The molecule has 0 heterocycles. The maximum Gasteiger partial charge on any atom is 0.327 e. The number of hydrogen-bond acceptors (Lipinski definition) is 4. The lowest BCUT2D eigenvalue weighted by Gasteiger charge is -2.25. The third kappa shape index (κ3) is 4.35. The zero-order chi connectivity index (χ0) is 17.8.